The maximum atomic E-state index is 5.48. The Morgan fingerprint density at radius 3 is 3.15 bits per heavy atom. The molecule has 1 aliphatic heterocycles. The van der Waals surface area contributed by atoms with E-state index >= 15 is 0 Å². The van der Waals surface area contributed by atoms with E-state index in [1.807, 2.05) is 0 Å². The topological polar surface area (TPSA) is 37.9 Å². The molecule has 2 rings (SSSR count). The fraction of sp³-hybridized carbons (Fsp3) is 0.500. The number of hydrogen-bond acceptors (Lipinski definition) is 3. The van der Waals surface area contributed by atoms with Crippen molar-refractivity contribution in [3.05, 3.63) is 21.1 Å². The van der Waals surface area contributed by atoms with Gasteiger partial charge < -0.3 is 9.72 Å². The predicted molar refractivity (Wildman–Crippen MR) is 55.0 cm³/mol. The molecule has 0 amide bonds. The lowest BCUT2D eigenvalue weighted by atomic mass is 10.2. The molecule has 0 spiro atoms. The number of hydrogen-bond donors (Lipinski definition) is 1. The number of nitrogens with one attached hydrogen (secondary N) is 1. The fourth-order valence-corrected chi connectivity index (χ4v) is 1.71. The van der Waals surface area contributed by atoms with E-state index in [2.05, 4.69) is 25.9 Å². The molecule has 1 unspecified atom stereocenters. The van der Waals surface area contributed by atoms with Crippen molar-refractivity contribution in [3.8, 4) is 0 Å². The average Bonchev–Trinajstić information content (AvgIpc) is 2.62. The third kappa shape index (κ3) is 1.98. The highest BCUT2D eigenvalue weighted by Gasteiger charge is 2.19. The molecule has 1 aromatic heterocycles. The first-order chi connectivity index (χ1) is 6.27. The van der Waals surface area contributed by atoms with Crippen molar-refractivity contribution in [1.29, 1.82) is 0 Å². The Balaban J connectivity index is 2.30. The van der Waals surface area contributed by atoms with Crippen LogP contribution in [-0.2, 0) is 4.74 Å². The van der Waals surface area contributed by atoms with Crippen molar-refractivity contribution >= 4 is 28.1 Å². The second kappa shape index (κ2) is 3.86. The van der Waals surface area contributed by atoms with Gasteiger partial charge in [-0.2, -0.15) is 0 Å². The van der Waals surface area contributed by atoms with Crippen LogP contribution in [0, 0.1) is 4.64 Å². The molecule has 0 saturated carbocycles. The Labute approximate surface area is 89.7 Å². The first-order valence-corrected chi connectivity index (χ1v) is 5.34. The van der Waals surface area contributed by atoms with Gasteiger partial charge >= 0.3 is 0 Å². The Hall–Kier alpha value is -0.260. The highest BCUT2D eigenvalue weighted by Crippen LogP contribution is 2.26. The van der Waals surface area contributed by atoms with E-state index in [1.165, 1.54) is 0 Å². The summed E-state index contributed by atoms with van der Waals surface area (Å²) in [6.07, 6.45) is 3.95. The van der Waals surface area contributed by atoms with Crippen molar-refractivity contribution in [2.75, 3.05) is 6.61 Å². The number of halogens is 1. The van der Waals surface area contributed by atoms with Gasteiger partial charge in [-0.1, -0.05) is 12.2 Å². The minimum Gasteiger partial charge on any atom is -0.370 e. The Morgan fingerprint density at radius 2 is 2.54 bits per heavy atom. The minimum atomic E-state index is 0.106. The maximum absolute atomic E-state index is 5.48. The molecule has 0 aliphatic carbocycles. The summed E-state index contributed by atoms with van der Waals surface area (Å²) >= 11 is 8.38. The third-order valence-electron chi connectivity index (χ3n) is 2.01. The quantitative estimate of drug-likeness (QED) is 0.790. The molecule has 1 saturated heterocycles. The van der Waals surface area contributed by atoms with Crippen LogP contribution in [-0.4, -0.2) is 16.6 Å². The highest BCUT2D eigenvalue weighted by atomic mass is 79.9. The molecule has 5 heteroatoms. The van der Waals surface area contributed by atoms with Crippen LogP contribution in [0.1, 0.15) is 24.8 Å². The first kappa shape index (κ1) is 9.30. The van der Waals surface area contributed by atoms with Crippen molar-refractivity contribution in [1.82, 2.24) is 9.97 Å². The van der Waals surface area contributed by atoms with Crippen LogP contribution in [0.2, 0.25) is 0 Å². The normalized spacial score (nSPS) is 22.1. The molecule has 0 bridgehead atoms. The van der Waals surface area contributed by atoms with E-state index in [9.17, 15) is 0 Å². The van der Waals surface area contributed by atoms with Gasteiger partial charge in [0.25, 0.3) is 0 Å². The highest BCUT2D eigenvalue weighted by molar-refractivity contribution is 9.10. The fourth-order valence-electron chi connectivity index (χ4n) is 1.35. The lowest BCUT2D eigenvalue weighted by Gasteiger charge is -2.07. The second-order valence-corrected chi connectivity index (χ2v) is 4.21. The van der Waals surface area contributed by atoms with Crippen molar-refractivity contribution in [2.45, 2.75) is 18.9 Å². The molecule has 0 aromatic carbocycles. The zero-order valence-corrected chi connectivity index (χ0v) is 9.32. The Bertz CT molecular complexity index is 359. The monoisotopic (exact) mass is 260 g/mol. The summed E-state index contributed by atoms with van der Waals surface area (Å²) in [5, 5.41) is 0. The van der Waals surface area contributed by atoms with E-state index in [0.717, 1.165) is 29.7 Å². The van der Waals surface area contributed by atoms with Gasteiger partial charge in [-0.05, 0) is 28.8 Å². The van der Waals surface area contributed by atoms with Gasteiger partial charge in [0.1, 0.15) is 16.6 Å². The summed E-state index contributed by atoms with van der Waals surface area (Å²) in [4.78, 5) is 7.28. The van der Waals surface area contributed by atoms with Crippen molar-refractivity contribution < 1.29 is 4.74 Å². The van der Waals surface area contributed by atoms with Crippen molar-refractivity contribution in [2.24, 2.45) is 0 Å². The molecular weight excluding hydrogens is 252 g/mol. The molecule has 1 aromatic rings. The van der Waals surface area contributed by atoms with E-state index in [-0.39, 0.29) is 6.10 Å². The lowest BCUT2D eigenvalue weighted by Crippen LogP contribution is -2.02. The SMILES string of the molecule is S=c1[nH]c(C2CCCO2)ncc1Br. The summed E-state index contributed by atoms with van der Waals surface area (Å²) in [6.45, 7) is 0.822. The maximum Gasteiger partial charge on any atom is 0.136 e. The van der Waals surface area contributed by atoms with Gasteiger partial charge in [-0.25, -0.2) is 4.98 Å². The van der Waals surface area contributed by atoms with Crippen LogP contribution in [0.15, 0.2) is 10.7 Å². The number of rotatable bonds is 1. The van der Waals surface area contributed by atoms with Crippen LogP contribution in [0.3, 0.4) is 0 Å². The van der Waals surface area contributed by atoms with Gasteiger partial charge in [0.15, 0.2) is 0 Å². The Kier molecular flexibility index (Phi) is 2.76. The molecule has 3 nitrogen and oxygen atoms in total. The van der Waals surface area contributed by atoms with E-state index in [4.69, 9.17) is 17.0 Å². The third-order valence-corrected chi connectivity index (χ3v) is 3.20. The van der Waals surface area contributed by atoms with Gasteiger partial charge in [0.2, 0.25) is 0 Å². The molecule has 1 fully saturated rings. The lowest BCUT2D eigenvalue weighted by molar-refractivity contribution is 0.105. The number of aromatic amines is 1. The molecule has 70 valence electrons. The van der Waals surface area contributed by atoms with Crippen LogP contribution in [0.25, 0.3) is 0 Å². The average molecular weight is 261 g/mol. The summed E-state index contributed by atoms with van der Waals surface area (Å²) in [6, 6.07) is 0. The molecular formula is C8H9BrN2OS. The zero-order chi connectivity index (χ0) is 9.26. The molecule has 0 radical (unpaired) electrons. The Morgan fingerprint density at radius 1 is 1.69 bits per heavy atom. The summed E-state index contributed by atoms with van der Waals surface area (Å²) in [5.41, 5.74) is 0. The summed E-state index contributed by atoms with van der Waals surface area (Å²) in [7, 11) is 0. The van der Waals surface area contributed by atoms with Crippen LogP contribution < -0.4 is 0 Å². The van der Waals surface area contributed by atoms with Gasteiger partial charge in [-0.15, -0.1) is 0 Å². The molecule has 1 atom stereocenters. The van der Waals surface area contributed by atoms with E-state index in [1.54, 1.807) is 6.20 Å². The first-order valence-electron chi connectivity index (χ1n) is 4.13. The minimum absolute atomic E-state index is 0.106. The van der Waals surface area contributed by atoms with Gasteiger partial charge in [0, 0.05) is 12.8 Å². The number of nitrogens with zero attached hydrogens (tertiary/aromatic N) is 1. The predicted octanol–water partition coefficient (Wildman–Crippen LogP) is 2.75. The molecule has 2 heterocycles. The number of H-pyrrole nitrogens is 1. The van der Waals surface area contributed by atoms with E-state index < -0.39 is 0 Å². The summed E-state index contributed by atoms with van der Waals surface area (Å²) < 4.78 is 6.98. The van der Waals surface area contributed by atoms with Gasteiger partial charge in [0.05, 0.1) is 4.47 Å². The molecule has 1 N–H and O–H groups in total. The van der Waals surface area contributed by atoms with Crippen LogP contribution in [0.4, 0.5) is 0 Å². The van der Waals surface area contributed by atoms with E-state index in [0.29, 0.717) is 4.64 Å². The number of aromatic nitrogens is 2. The number of ether oxygens (including phenoxy) is 1. The molecule has 13 heavy (non-hydrogen) atoms. The second-order valence-electron chi connectivity index (χ2n) is 2.95. The van der Waals surface area contributed by atoms with Crippen LogP contribution >= 0.6 is 28.1 Å². The standard InChI is InChI=1S/C8H9BrN2OS/c9-5-4-10-7(11-8(5)13)6-2-1-3-12-6/h4,6H,1-3H2,(H,10,11,13). The van der Waals surface area contributed by atoms with Crippen molar-refractivity contribution in [3.63, 3.8) is 0 Å². The summed E-state index contributed by atoms with van der Waals surface area (Å²) in [5.74, 6) is 0.839. The molecule has 1 aliphatic rings. The smallest absolute Gasteiger partial charge is 0.136 e. The zero-order valence-electron chi connectivity index (χ0n) is 6.92. The largest absolute Gasteiger partial charge is 0.370 e. The van der Waals surface area contributed by atoms with Gasteiger partial charge in [-0.3, -0.25) is 0 Å². The van der Waals surface area contributed by atoms with Crippen LogP contribution in [0.5, 0.6) is 0 Å².